The first-order valence-corrected chi connectivity index (χ1v) is 6.74. The van der Waals surface area contributed by atoms with Gasteiger partial charge in [0.2, 0.25) is 0 Å². The molecule has 0 radical (unpaired) electrons. The van der Waals surface area contributed by atoms with Crippen LogP contribution < -0.4 is 20.7 Å². The molecule has 0 aliphatic heterocycles. The summed E-state index contributed by atoms with van der Waals surface area (Å²) >= 11 is 0. The smallest absolute Gasteiger partial charge is 0.321 e. The lowest BCUT2D eigenvalue weighted by atomic mass is 10.2. The number of rotatable bonds is 4. The van der Waals surface area contributed by atoms with Crippen molar-refractivity contribution in [1.82, 2.24) is 5.32 Å². The Balaban J connectivity index is 2.09. The molecule has 7 heteroatoms. The number of anilines is 2. The van der Waals surface area contributed by atoms with Crippen molar-refractivity contribution in [2.45, 2.75) is 6.92 Å². The Bertz CT molecular complexity index is 688. The van der Waals surface area contributed by atoms with Gasteiger partial charge in [0.05, 0.1) is 0 Å². The van der Waals surface area contributed by atoms with Gasteiger partial charge in [-0.1, -0.05) is 6.07 Å². The van der Waals surface area contributed by atoms with Gasteiger partial charge in [0.15, 0.2) is 6.20 Å². The average molecular weight is 300 g/mol. The van der Waals surface area contributed by atoms with Crippen molar-refractivity contribution in [3.05, 3.63) is 59.6 Å². The van der Waals surface area contributed by atoms with E-state index in [0.717, 1.165) is 0 Å². The molecule has 1 aromatic carbocycles. The van der Waals surface area contributed by atoms with Crippen molar-refractivity contribution in [1.29, 1.82) is 0 Å². The molecule has 1 aromatic heterocycles. The highest BCUT2D eigenvalue weighted by Gasteiger charge is 2.15. The number of nitrogens with one attached hydrogen (secondary N) is 3. The summed E-state index contributed by atoms with van der Waals surface area (Å²) in [5.74, 6) is -0.522. The molecule has 0 saturated carbocycles. The van der Waals surface area contributed by atoms with E-state index in [1.807, 2.05) is 6.92 Å². The summed E-state index contributed by atoms with van der Waals surface area (Å²) < 4.78 is 0.492. The van der Waals surface area contributed by atoms with Gasteiger partial charge in [-0.25, -0.2) is 4.79 Å². The van der Waals surface area contributed by atoms with Crippen LogP contribution in [0.3, 0.4) is 0 Å². The third-order valence-electron chi connectivity index (χ3n) is 2.77. The SMILES string of the molecule is CCNC(=O)Nc1cccc(NC(=O)c2cccc[n+]2[O-])c1. The van der Waals surface area contributed by atoms with Crippen LogP contribution in [-0.4, -0.2) is 18.5 Å². The molecule has 0 aliphatic rings. The topological polar surface area (TPSA) is 97.2 Å². The molecule has 3 amide bonds. The number of urea groups is 1. The first kappa shape index (κ1) is 15.3. The minimum Gasteiger partial charge on any atom is -0.618 e. The van der Waals surface area contributed by atoms with Crippen molar-refractivity contribution in [2.75, 3.05) is 17.2 Å². The van der Waals surface area contributed by atoms with Gasteiger partial charge >= 0.3 is 11.9 Å². The monoisotopic (exact) mass is 300 g/mol. The van der Waals surface area contributed by atoms with E-state index in [2.05, 4.69) is 16.0 Å². The maximum Gasteiger partial charge on any atom is 0.321 e. The molecule has 7 nitrogen and oxygen atoms in total. The van der Waals surface area contributed by atoms with Gasteiger partial charge in [0.1, 0.15) is 0 Å². The fourth-order valence-electron chi connectivity index (χ4n) is 1.81. The van der Waals surface area contributed by atoms with Crippen LogP contribution in [0.1, 0.15) is 17.4 Å². The van der Waals surface area contributed by atoms with Crippen molar-refractivity contribution in [2.24, 2.45) is 0 Å². The van der Waals surface area contributed by atoms with Gasteiger partial charge in [-0.15, -0.1) is 0 Å². The number of benzene rings is 1. The lowest BCUT2D eigenvalue weighted by molar-refractivity contribution is -0.607. The van der Waals surface area contributed by atoms with E-state index in [1.165, 1.54) is 12.3 Å². The molecule has 1 heterocycles. The highest BCUT2D eigenvalue weighted by atomic mass is 16.5. The summed E-state index contributed by atoms with van der Waals surface area (Å²) in [5.41, 5.74) is 1.000. The molecule has 0 bridgehead atoms. The summed E-state index contributed by atoms with van der Waals surface area (Å²) in [6.45, 7) is 2.33. The maximum atomic E-state index is 12.0. The van der Waals surface area contributed by atoms with E-state index < -0.39 is 5.91 Å². The van der Waals surface area contributed by atoms with E-state index in [9.17, 15) is 14.8 Å². The lowest BCUT2D eigenvalue weighted by Gasteiger charge is -2.09. The van der Waals surface area contributed by atoms with Gasteiger partial charge in [-0.2, -0.15) is 4.73 Å². The third-order valence-corrected chi connectivity index (χ3v) is 2.77. The van der Waals surface area contributed by atoms with Crippen LogP contribution in [0.2, 0.25) is 0 Å². The Morgan fingerprint density at radius 2 is 1.82 bits per heavy atom. The predicted octanol–water partition coefficient (Wildman–Crippen LogP) is 1.71. The first-order chi connectivity index (χ1) is 10.6. The van der Waals surface area contributed by atoms with Crippen molar-refractivity contribution >= 4 is 23.3 Å². The molecule has 0 saturated heterocycles. The summed E-state index contributed by atoms with van der Waals surface area (Å²) in [7, 11) is 0. The standard InChI is InChI=1S/C15H16N4O3/c1-2-16-15(21)18-12-7-5-6-11(10-12)17-14(20)13-8-3-4-9-19(13)22/h3-10H,2H2,1H3,(H,17,20)(H2,16,18,21). The van der Waals surface area contributed by atoms with Crippen LogP contribution in [0.25, 0.3) is 0 Å². The van der Waals surface area contributed by atoms with E-state index >= 15 is 0 Å². The Morgan fingerprint density at radius 3 is 2.50 bits per heavy atom. The predicted molar refractivity (Wildman–Crippen MR) is 82.5 cm³/mol. The zero-order chi connectivity index (χ0) is 15.9. The van der Waals surface area contributed by atoms with Gasteiger partial charge < -0.3 is 21.2 Å². The average Bonchev–Trinajstić information content (AvgIpc) is 2.48. The molecule has 0 atom stereocenters. The van der Waals surface area contributed by atoms with E-state index in [0.29, 0.717) is 22.6 Å². The number of hydrogen-bond acceptors (Lipinski definition) is 3. The van der Waals surface area contributed by atoms with Crippen LogP contribution in [0.4, 0.5) is 16.2 Å². The minimum absolute atomic E-state index is 0.00964. The van der Waals surface area contributed by atoms with Crippen LogP contribution in [0.5, 0.6) is 0 Å². The normalized spacial score (nSPS) is 9.86. The Kier molecular flexibility index (Phi) is 4.92. The number of carbonyl (C=O) groups is 2. The number of pyridine rings is 1. The molecule has 2 aromatic rings. The number of hydrogen-bond donors (Lipinski definition) is 3. The number of nitrogens with zero attached hydrogens (tertiary/aromatic N) is 1. The molecular weight excluding hydrogens is 284 g/mol. The summed E-state index contributed by atoms with van der Waals surface area (Å²) in [4.78, 5) is 23.5. The minimum atomic E-state index is -0.522. The molecule has 0 fully saturated rings. The number of aromatic nitrogens is 1. The summed E-state index contributed by atoms with van der Waals surface area (Å²) in [5, 5.41) is 19.4. The quantitative estimate of drug-likeness (QED) is 0.592. The van der Waals surface area contributed by atoms with E-state index in [1.54, 1.807) is 36.4 Å². The maximum absolute atomic E-state index is 12.0. The molecule has 114 valence electrons. The van der Waals surface area contributed by atoms with Crippen molar-refractivity contribution < 1.29 is 14.3 Å². The number of amides is 3. The highest BCUT2D eigenvalue weighted by molar-refractivity contribution is 6.02. The van der Waals surface area contributed by atoms with Crippen LogP contribution in [0.15, 0.2) is 48.7 Å². The van der Waals surface area contributed by atoms with Crippen LogP contribution in [0, 0.1) is 5.21 Å². The van der Waals surface area contributed by atoms with E-state index in [-0.39, 0.29) is 11.7 Å². The van der Waals surface area contributed by atoms with Crippen LogP contribution >= 0.6 is 0 Å². The second-order valence-corrected chi connectivity index (χ2v) is 4.43. The molecule has 2 rings (SSSR count). The second-order valence-electron chi connectivity index (χ2n) is 4.43. The van der Waals surface area contributed by atoms with Gasteiger partial charge in [-0.3, -0.25) is 4.79 Å². The zero-order valence-corrected chi connectivity index (χ0v) is 12.0. The molecular formula is C15H16N4O3. The summed E-state index contributed by atoms with van der Waals surface area (Å²) in [6.07, 6.45) is 1.25. The fraction of sp³-hybridized carbons (Fsp3) is 0.133. The third kappa shape index (κ3) is 3.95. The lowest BCUT2D eigenvalue weighted by Crippen LogP contribution is -2.36. The van der Waals surface area contributed by atoms with Gasteiger partial charge in [-0.05, 0) is 31.2 Å². The second kappa shape index (κ2) is 7.07. The molecule has 0 aliphatic carbocycles. The van der Waals surface area contributed by atoms with Gasteiger partial charge in [0.25, 0.3) is 5.69 Å². The molecule has 22 heavy (non-hydrogen) atoms. The Hall–Kier alpha value is -3.09. The largest absolute Gasteiger partial charge is 0.618 e. The molecule has 0 spiro atoms. The summed E-state index contributed by atoms with van der Waals surface area (Å²) in [6, 6.07) is 10.9. The van der Waals surface area contributed by atoms with E-state index in [4.69, 9.17) is 0 Å². The van der Waals surface area contributed by atoms with Crippen LogP contribution in [-0.2, 0) is 0 Å². The van der Waals surface area contributed by atoms with Gasteiger partial charge in [0, 0.05) is 30.1 Å². The van der Waals surface area contributed by atoms with Crippen molar-refractivity contribution in [3.63, 3.8) is 0 Å². The molecule has 0 unspecified atom stereocenters. The Morgan fingerprint density at radius 1 is 1.09 bits per heavy atom. The Labute approximate surface area is 127 Å². The number of carbonyl (C=O) groups excluding carboxylic acids is 2. The van der Waals surface area contributed by atoms with Crippen molar-refractivity contribution in [3.8, 4) is 0 Å². The molecule has 3 N–H and O–H groups in total. The zero-order valence-electron chi connectivity index (χ0n) is 12.0. The first-order valence-electron chi connectivity index (χ1n) is 6.74. The fourth-order valence-corrected chi connectivity index (χ4v) is 1.81. The highest BCUT2D eigenvalue weighted by Crippen LogP contribution is 2.15.